The van der Waals surface area contributed by atoms with Crippen molar-refractivity contribution in [3.63, 3.8) is 0 Å². The molecule has 0 saturated carbocycles. The highest BCUT2D eigenvalue weighted by Gasteiger charge is 2.54. The first-order valence-electron chi connectivity index (χ1n) is 7.58. The van der Waals surface area contributed by atoms with Gasteiger partial charge >= 0.3 is 0 Å². The van der Waals surface area contributed by atoms with Crippen LogP contribution in [0, 0.1) is 5.41 Å². The summed E-state index contributed by atoms with van der Waals surface area (Å²) in [5, 5.41) is 0. The third-order valence-electron chi connectivity index (χ3n) is 5.11. The zero-order chi connectivity index (χ0) is 14.4. The van der Waals surface area contributed by atoms with Gasteiger partial charge in [0.05, 0.1) is 5.41 Å². The molecule has 1 fully saturated rings. The molecule has 0 spiro atoms. The number of nitrogens with zero attached hydrogens (tertiary/aromatic N) is 1. The van der Waals surface area contributed by atoms with Gasteiger partial charge in [0.1, 0.15) is 0 Å². The molecule has 0 bridgehead atoms. The van der Waals surface area contributed by atoms with Crippen molar-refractivity contribution in [3.05, 3.63) is 71.3 Å². The van der Waals surface area contributed by atoms with Gasteiger partial charge in [-0.05, 0) is 11.1 Å². The highest BCUT2D eigenvalue weighted by Crippen LogP contribution is 2.51. The number of rotatable bonds is 2. The minimum atomic E-state index is -0.238. The van der Waals surface area contributed by atoms with E-state index in [4.69, 9.17) is 0 Å². The van der Waals surface area contributed by atoms with E-state index < -0.39 is 0 Å². The Balaban J connectivity index is 1.63. The lowest BCUT2D eigenvalue weighted by Crippen LogP contribution is -2.30. The molecule has 2 aliphatic rings. The summed E-state index contributed by atoms with van der Waals surface area (Å²) in [7, 11) is 0. The second-order valence-corrected chi connectivity index (χ2v) is 6.54. The molecule has 2 nitrogen and oxygen atoms in total. The van der Waals surface area contributed by atoms with Crippen molar-refractivity contribution in [2.45, 2.75) is 19.4 Å². The fourth-order valence-corrected chi connectivity index (χ4v) is 4.05. The summed E-state index contributed by atoms with van der Waals surface area (Å²) < 4.78 is 0. The van der Waals surface area contributed by atoms with Crippen LogP contribution in [0.4, 0.5) is 0 Å². The lowest BCUT2D eigenvalue weighted by molar-refractivity contribution is 0.0832. The fraction of sp³-hybridized carbons (Fsp3) is 0.316. The van der Waals surface area contributed by atoms with E-state index in [2.05, 4.69) is 48.2 Å². The Labute approximate surface area is 125 Å². The van der Waals surface area contributed by atoms with Crippen LogP contribution in [0.25, 0.3) is 0 Å². The van der Waals surface area contributed by atoms with Crippen molar-refractivity contribution >= 4 is 5.78 Å². The van der Waals surface area contributed by atoms with Gasteiger partial charge in [-0.3, -0.25) is 9.69 Å². The average Bonchev–Trinajstić information content (AvgIpc) is 2.93. The second kappa shape index (κ2) is 4.54. The van der Waals surface area contributed by atoms with Gasteiger partial charge in [-0.25, -0.2) is 0 Å². The van der Waals surface area contributed by atoms with E-state index in [0.717, 1.165) is 25.2 Å². The zero-order valence-electron chi connectivity index (χ0n) is 12.3. The van der Waals surface area contributed by atoms with Crippen molar-refractivity contribution in [1.29, 1.82) is 0 Å². The van der Waals surface area contributed by atoms with Gasteiger partial charge in [0.15, 0.2) is 5.78 Å². The molecule has 4 rings (SSSR count). The molecule has 106 valence electrons. The average molecular weight is 277 g/mol. The molecule has 2 aromatic carbocycles. The van der Waals surface area contributed by atoms with Crippen molar-refractivity contribution in [2.75, 3.05) is 13.1 Å². The van der Waals surface area contributed by atoms with E-state index >= 15 is 0 Å². The van der Waals surface area contributed by atoms with Crippen molar-refractivity contribution in [2.24, 2.45) is 5.41 Å². The van der Waals surface area contributed by atoms with Gasteiger partial charge < -0.3 is 0 Å². The standard InChI is InChI=1S/C19H19NO/c1-19-13-20(11-14-7-3-2-4-8-14)12-17(19)15-9-5-6-10-16(15)18(19)21/h2-10,17H,11-13H2,1H3/t17-,19-/m0/s1. The van der Waals surface area contributed by atoms with Crippen LogP contribution < -0.4 is 0 Å². The lowest BCUT2D eigenvalue weighted by atomic mass is 9.80. The van der Waals surface area contributed by atoms with Crippen LogP contribution in [0.3, 0.4) is 0 Å². The smallest absolute Gasteiger partial charge is 0.170 e. The molecule has 1 aliphatic heterocycles. The predicted octanol–water partition coefficient (Wildman–Crippen LogP) is 3.49. The van der Waals surface area contributed by atoms with E-state index in [1.165, 1.54) is 11.1 Å². The van der Waals surface area contributed by atoms with Crippen LogP contribution in [-0.4, -0.2) is 23.8 Å². The van der Waals surface area contributed by atoms with Gasteiger partial charge in [-0.15, -0.1) is 0 Å². The number of hydrogen-bond donors (Lipinski definition) is 0. The van der Waals surface area contributed by atoms with Crippen molar-refractivity contribution in [3.8, 4) is 0 Å². The minimum absolute atomic E-state index is 0.238. The molecule has 2 atom stereocenters. The zero-order valence-corrected chi connectivity index (χ0v) is 12.3. The molecular formula is C19H19NO. The summed E-state index contributed by atoms with van der Waals surface area (Å²) in [4.78, 5) is 15.2. The molecule has 0 radical (unpaired) electrons. The summed E-state index contributed by atoms with van der Waals surface area (Å²) >= 11 is 0. The summed E-state index contributed by atoms with van der Waals surface area (Å²) in [5.41, 5.74) is 3.28. The van der Waals surface area contributed by atoms with E-state index in [0.29, 0.717) is 11.7 Å². The van der Waals surface area contributed by atoms with E-state index in [9.17, 15) is 4.79 Å². The Hall–Kier alpha value is -1.93. The Bertz CT molecular complexity index is 694. The van der Waals surface area contributed by atoms with Gasteiger partial charge in [0.2, 0.25) is 0 Å². The summed E-state index contributed by atoms with van der Waals surface area (Å²) in [6, 6.07) is 18.7. The minimum Gasteiger partial charge on any atom is -0.297 e. The molecule has 1 heterocycles. The maximum atomic E-state index is 12.8. The van der Waals surface area contributed by atoms with E-state index in [1.807, 2.05) is 18.2 Å². The molecule has 2 aromatic rings. The van der Waals surface area contributed by atoms with Crippen LogP contribution >= 0.6 is 0 Å². The normalized spacial score (nSPS) is 27.7. The first-order valence-corrected chi connectivity index (χ1v) is 7.58. The first-order chi connectivity index (χ1) is 10.2. The van der Waals surface area contributed by atoms with Crippen LogP contribution in [-0.2, 0) is 6.54 Å². The molecule has 1 saturated heterocycles. The predicted molar refractivity (Wildman–Crippen MR) is 83.3 cm³/mol. The molecule has 1 aliphatic carbocycles. The van der Waals surface area contributed by atoms with Crippen LogP contribution in [0.1, 0.15) is 34.3 Å². The van der Waals surface area contributed by atoms with Crippen molar-refractivity contribution < 1.29 is 4.79 Å². The number of carbonyl (C=O) groups excluding carboxylic acids is 1. The van der Waals surface area contributed by atoms with Gasteiger partial charge in [0.25, 0.3) is 0 Å². The van der Waals surface area contributed by atoms with Gasteiger partial charge in [0, 0.05) is 31.1 Å². The number of ketones is 1. The number of carbonyl (C=O) groups is 1. The number of Topliss-reactive ketones (excluding diaryl/α,β-unsaturated/α-hetero) is 1. The highest BCUT2D eigenvalue weighted by atomic mass is 16.1. The Kier molecular flexibility index (Phi) is 2.76. The van der Waals surface area contributed by atoms with Gasteiger partial charge in [-0.2, -0.15) is 0 Å². The third-order valence-corrected chi connectivity index (χ3v) is 5.11. The number of fused-ring (bicyclic) bond motifs is 3. The number of hydrogen-bond acceptors (Lipinski definition) is 2. The van der Waals surface area contributed by atoms with Crippen LogP contribution in [0.15, 0.2) is 54.6 Å². The maximum absolute atomic E-state index is 12.8. The van der Waals surface area contributed by atoms with Gasteiger partial charge in [-0.1, -0.05) is 61.5 Å². The Morgan fingerprint density at radius 2 is 1.81 bits per heavy atom. The lowest BCUT2D eigenvalue weighted by Gasteiger charge is -2.21. The monoisotopic (exact) mass is 277 g/mol. The van der Waals surface area contributed by atoms with E-state index in [-0.39, 0.29) is 5.41 Å². The maximum Gasteiger partial charge on any atom is 0.170 e. The molecule has 0 amide bonds. The molecule has 0 unspecified atom stereocenters. The fourth-order valence-electron chi connectivity index (χ4n) is 4.05. The van der Waals surface area contributed by atoms with Crippen LogP contribution in [0.5, 0.6) is 0 Å². The SMILES string of the molecule is C[C@]12CN(Cc3ccccc3)C[C@H]1c1ccccc1C2=O. The van der Waals surface area contributed by atoms with Crippen LogP contribution in [0.2, 0.25) is 0 Å². The highest BCUT2D eigenvalue weighted by molar-refractivity contribution is 6.06. The van der Waals surface area contributed by atoms with E-state index in [1.54, 1.807) is 0 Å². The quantitative estimate of drug-likeness (QED) is 0.837. The second-order valence-electron chi connectivity index (χ2n) is 6.54. The van der Waals surface area contributed by atoms with Crippen molar-refractivity contribution in [1.82, 2.24) is 4.90 Å². The first kappa shape index (κ1) is 12.8. The Morgan fingerprint density at radius 3 is 2.62 bits per heavy atom. The number of benzene rings is 2. The summed E-state index contributed by atoms with van der Waals surface area (Å²) in [6.07, 6.45) is 0. The topological polar surface area (TPSA) is 20.3 Å². The largest absolute Gasteiger partial charge is 0.297 e. The summed E-state index contributed by atoms with van der Waals surface area (Å²) in [6.45, 7) is 4.92. The molecule has 0 N–H and O–H groups in total. The molecule has 2 heteroatoms. The molecule has 0 aromatic heterocycles. The number of likely N-dealkylation sites (tertiary alicyclic amines) is 1. The third kappa shape index (κ3) is 1.86. The summed E-state index contributed by atoms with van der Waals surface area (Å²) in [5.74, 6) is 0.684. The molecule has 21 heavy (non-hydrogen) atoms. The molecular weight excluding hydrogens is 258 g/mol. The Morgan fingerprint density at radius 1 is 1.10 bits per heavy atom.